The summed E-state index contributed by atoms with van der Waals surface area (Å²) in [5, 5.41) is 3.00. The van der Waals surface area contributed by atoms with E-state index in [0.29, 0.717) is 18.4 Å². The smallest absolute Gasteiger partial charge is 0.370 e. The van der Waals surface area contributed by atoms with E-state index < -0.39 is 17.6 Å². The average molecular weight is 299 g/mol. The van der Waals surface area contributed by atoms with E-state index in [-0.39, 0.29) is 11.4 Å². The third-order valence-electron chi connectivity index (χ3n) is 2.70. The zero-order chi connectivity index (χ0) is 15.5. The minimum absolute atomic E-state index is 0.0116. The molecule has 0 radical (unpaired) electrons. The maximum atomic E-state index is 13.4. The number of halogens is 4. The molecule has 2 aromatic rings. The van der Waals surface area contributed by atoms with Crippen LogP contribution in [-0.4, -0.2) is 16.5 Å². The van der Waals surface area contributed by atoms with Crippen molar-refractivity contribution in [2.75, 3.05) is 11.9 Å². The Kier molecular flexibility index (Phi) is 4.40. The van der Waals surface area contributed by atoms with Gasteiger partial charge < -0.3 is 5.32 Å². The Morgan fingerprint density at radius 1 is 1.19 bits per heavy atom. The number of nitrogens with one attached hydrogen (secondary N) is 1. The molecule has 1 N–H and O–H groups in total. The van der Waals surface area contributed by atoms with Crippen LogP contribution in [0.3, 0.4) is 0 Å². The summed E-state index contributed by atoms with van der Waals surface area (Å²) < 4.78 is 51.4. The minimum atomic E-state index is -4.62. The standard InChI is InChI=1S/C14H13F4N3/c1-2-4-19-12-3-5-20-13(21-12)9-6-10(14(16,17)18)8-11(15)7-9/h3,5-8H,2,4H2,1H3,(H,19,20,21). The maximum absolute atomic E-state index is 13.4. The fourth-order valence-corrected chi connectivity index (χ4v) is 1.73. The molecule has 1 aromatic carbocycles. The highest BCUT2D eigenvalue weighted by molar-refractivity contribution is 5.58. The molecule has 0 unspecified atom stereocenters. The van der Waals surface area contributed by atoms with Crippen LogP contribution in [0.25, 0.3) is 11.4 Å². The van der Waals surface area contributed by atoms with Crippen molar-refractivity contribution < 1.29 is 17.6 Å². The molecule has 0 bridgehead atoms. The predicted molar refractivity (Wildman–Crippen MR) is 71.2 cm³/mol. The number of rotatable bonds is 4. The summed E-state index contributed by atoms with van der Waals surface area (Å²) in [5.41, 5.74) is -1.07. The molecule has 0 amide bonds. The predicted octanol–water partition coefficient (Wildman–Crippen LogP) is 4.12. The summed E-state index contributed by atoms with van der Waals surface area (Å²) in [6.07, 6.45) is -2.33. The van der Waals surface area contributed by atoms with Gasteiger partial charge in [0.15, 0.2) is 5.82 Å². The summed E-state index contributed by atoms with van der Waals surface area (Å²) in [5.74, 6) is -0.448. The molecule has 1 heterocycles. The fourth-order valence-electron chi connectivity index (χ4n) is 1.73. The third-order valence-corrected chi connectivity index (χ3v) is 2.70. The first kappa shape index (κ1) is 15.2. The van der Waals surface area contributed by atoms with Crippen LogP contribution < -0.4 is 5.32 Å². The number of alkyl halides is 3. The molecule has 0 fully saturated rings. The van der Waals surface area contributed by atoms with Crippen LogP contribution in [-0.2, 0) is 6.18 Å². The van der Waals surface area contributed by atoms with Crippen LogP contribution in [0.4, 0.5) is 23.4 Å². The summed E-state index contributed by atoms with van der Waals surface area (Å²) >= 11 is 0. The van der Waals surface area contributed by atoms with E-state index >= 15 is 0 Å². The van der Waals surface area contributed by atoms with Crippen LogP contribution >= 0.6 is 0 Å². The van der Waals surface area contributed by atoms with Crippen LogP contribution in [0.2, 0.25) is 0 Å². The molecule has 0 aliphatic heterocycles. The molecule has 0 aliphatic carbocycles. The molecule has 3 nitrogen and oxygen atoms in total. The summed E-state index contributed by atoms with van der Waals surface area (Å²) in [6.45, 7) is 2.64. The largest absolute Gasteiger partial charge is 0.416 e. The first-order chi connectivity index (χ1) is 9.90. The molecule has 2 rings (SSSR count). The van der Waals surface area contributed by atoms with Crippen molar-refractivity contribution in [1.82, 2.24) is 9.97 Å². The topological polar surface area (TPSA) is 37.8 Å². The monoisotopic (exact) mass is 299 g/mol. The second-order valence-electron chi connectivity index (χ2n) is 4.42. The molecule has 0 spiro atoms. The molecule has 7 heteroatoms. The molecular formula is C14H13F4N3. The number of hydrogen-bond donors (Lipinski definition) is 1. The number of aromatic nitrogens is 2. The quantitative estimate of drug-likeness (QED) is 0.863. The number of nitrogens with zero attached hydrogens (tertiary/aromatic N) is 2. The Balaban J connectivity index is 2.40. The highest BCUT2D eigenvalue weighted by Gasteiger charge is 2.31. The van der Waals surface area contributed by atoms with Gasteiger partial charge in [-0.1, -0.05) is 6.92 Å². The van der Waals surface area contributed by atoms with Crippen LogP contribution in [0.1, 0.15) is 18.9 Å². The van der Waals surface area contributed by atoms with E-state index in [1.807, 2.05) is 6.92 Å². The molecule has 1 aromatic heterocycles. The van der Waals surface area contributed by atoms with Gasteiger partial charge in [0.1, 0.15) is 11.6 Å². The zero-order valence-electron chi connectivity index (χ0n) is 11.2. The lowest BCUT2D eigenvalue weighted by atomic mass is 10.1. The van der Waals surface area contributed by atoms with E-state index in [1.54, 1.807) is 6.07 Å². The first-order valence-corrected chi connectivity index (χ1v) is 6.35. The Morgan fingerprint density at radius 2 is 1.95 bits per heavy atom. The van der Waals surface area contributed by atoms with Crippen LogP contribution in [0, 0.1) is 5.82 Å². The normalized spacial score (nSPS) is 11.5. The third kappa shape index (κ3) is 3.90. The van der Waals surface area contributed by atoms with E-state index in [4.69, 9.17) is 0 Å². The van der Waals surface area contributed by atoms with Crippen molar-refractivity contribution in [3.8, 4) is 11.4 Å². The number of anilines is 1. The first-order valence-electron chi connectivity index (χ1n) is 6.35. The summed E-state index contributed by atoms with van der Waals surface area (Å²) in [7, 11) is 0. The van der Waals surface area contributed by atoms with Gasteiger partial charge in [-0.05, 0) is 30.7 Å². The van der Waals surface area contributed by atoms with Gasteiger partial charge in [-0.25, -0.2) is 14.4 Å². The van der Waals surface area contributed by atoms with Gasteiger partial charge in [0.05, 0.1) is 5.56 Å². The summed E-state index contributed by atoms with van der Waals surface area (Å²) in [4.78, 5) is 7.99. The van der Waals surface area contributed by atoms with Crippen molar-refractivity contribution in [1.29, 1.82) is 0 Å². The van der Waals surface area contributed by atoms with Gasteiger partial charge in [0, 0.05) is 18.3 Å². The molecule has 0 saturated heterocycles. The second-order valence-corrected chi connectivity index (χ2v) is 4.42. The molecular weight excluding hydrogens is 286 g/mol. The Labute approximate surface area is 119 Å². The zero-order valence-corrected chi connectivity index (χ0v) is 11.2. The number of hydrogen-bond acceptors (Lipinski definition) is 3. The van der Waals surface area contributed by atoms with Crippen molar-refractivity contribution in [3.63, 3.8) is 0 Å². The summed E-state index contributed by atoms with van der Waals surface area (Å²) in [6, 6.07) is 3.86. The van der Waals surface area contributed by atoms with Crippen LogP contribution in [0.5, 0.6) is 0 Å². The van der Waals surface area contributed by atoms with Crippen molar-refractivity contribution in [2.24, 2.45) is 0 Å². The lowest BCUT2D eigenvalue weighted by Gasteiger charge is -2.10. The highest BCUT2D eigenvalue weighted by Crippen LogP contribution is 2.32. The van der Waals surface area contributed by atoms with Crippen molar-refractivity contribution in [2.45, 2.75) is 19.5 Å². The second kappa shape index (κ2) is 6.07. The van der Waals surface area contributed by atoms with Gasteiger partial charge in [-0.15, -0.1) is 0 Å². The highest BCUT2D eigenvalue weighted by atomic mass is 19.4. The molecule has 0 saturated carbocycles. The van der Waals surface area contributed by atoms with Gasteiger partial charge in [-0.3, -0.25) is 0 Å². The van der Waals surface area contributed by atoms with Crippen LogP contribution in [0.15, 0.2) is 30.5 Å². The maximum Gasteiger partial charge on any atom is 0.416 e. The minimum Gasteiger partial charge on any atom is -0.370 e. The van der Waals surface area contributed by atoms with Gasteiger partial charge in [0.25, 0.3) is 0 Å². The van der Waals surface area contributed by atoms with Crippen molar-refractivity contribution >= 4 is 5.82 Å². The molecule has 0 aliphatic rings. The Bertz CT molecular complexity index is 626. The van der Waals surface area contributed by atoms with Gasteiger partial charge in [-0.2, -0.15) is 13.2 Å². The van der Waals surface area contributed by atoms with E-state index in [0.717, 1.165) is 18.6 Å². The lowest BCUT2D eigenvalue weighted by molar-refractivity contribution is -0.137. The lowest BCUT2D eigenvalue weighted by Crippen LogP contribution is -2.06. The van der Waals surface area contributed by atoms with Crippen molar-refractivity contribution in [3.05, 3.63) is 41.8 Å². The SMILES string of the molecule is CCCNc1ccnc(-c2cc(F)cc(C(F)(F)F)c2)n1. The Morgan fingerprint density at radius 3 is 2.62 bits per heavy atom. The Hall–Kier alpha value is -2.18. The van der Waals surface area contributed by atoms with E-state index in [1.165, 1.54) is 6.20 Å². The van der Waals surface area contributed by atoms with Gasteiger partial charge >= 0.3 is 6.18 Å². The number of benzene rings is 1. The fraction of sp³-hybridized carbons (Fsp3) is 0.286. The molecule has 0 atom stereocenters. The van der Waals surface area contributed by atoms with E-state index in [9.17, 15) is 17.6 Å². The average Bonchev–Trinajstić information content (AvgIpc) is 2.44. The van der Waals surface area contributed by atoms with E-state index in [2.05, 4.69) is 15.3 Å². The van der Waals surface area contributed by atoms with Gasteiger partial charge in [0.2, 0.25) is 0 Å². The molecule has 21 heavy (non-hydrogen) atoms. The molecule has 112 valence electrons.